The Bertz CT molecular complexity index is 1030. The van der Waals surface area contributed by atoms with Crippen molar-refractivity contribution in [1.29, 1.82) is 0 Å². The van der Waals surface area contributed by atoms with Crippen LogP contribution in [-0.2, 0) is 17.8 Å². The first-order valence-corrected chi connectivity index (χ1v) is 9.20. The Morgan fingerprint density at radius 3 is 2.50 bits per heavy atom. The van der Waals surface area contributed by atoms with E-state index in [4.69, 9.17) is 20.9 Å². The molecule has 1 aliphatic rings. The van der Waals surface area contributed by atoms with Crippen LogP contribution in [0.25, 0.3) is 11.3 Å². The summed E-state index contributed by atoms with van der Waals surface area (Å²) < 4.78 is 10.6. The summed E-state index contributed by atoms with van der Waals surface area (Å²) in [5.74, 6) is 0.580. The first-order chi connectivity index (χ1) is 13.5. The zero-order valence-electron chi connectivity index (χ0n) is 15.1. The SMILES string of the molecule is CC(=O)Oc1ccc(C(=O)N2CCc3noc(-c4ccc(Cl)cc4)c3C2)cc1. The molecule has 0 saturated heterocycles. The second kappa shape index (κ2) is 7.48. The van der Waals surface area contributed by atoms with Gasteiger partial charge in [-0.15, -0.1) is 0 Å². The fourth-order valence-electron chi connectivity index (χ4n) is 3.23. The van der Waals surface area contributed by atoms with Crippen molar-refractivity contribution in [2.45, 2.75) is 19.9 Å². The average molecular weight is 397 g/mol. The Balaban J connectivity index is 1.55. The maximum atomic E-state index is 12.9. The van der Waals surface area contributed by atoms with Crippen molar-refractivity contribution in [2.24, 2.45) is 0 Å². The minimum atomic E-state index is -0.398. The van der Waals surface area contributed by atoms with Crippen molar-refractivity contribution in [3.8, 4) is 17.1 Å². The summed E-state index contributed by atoms with van der Waals surface area (Å²) in [4.78, 5) is 25.7. The maximum Gasteiger partial charge on any atom is 0.308 e. The van der Waals surface area contributed by atoms with Crippen molar-refractivity contribution < 1.29 is 18.8 Å². The molecule has 0 aliphatic carbocycles. The Labute approximate surface area is 166 Å². The van der Waals surface area contributed by atoms with Gasteiger partial charge < -0.3 is 14.2 Å². The van der Waals surface area contributed by atoms with E-state index in [1.54, 1.807) is 41.3 Å². The summed E-state index contributed by atoms with van der Waals surface area (Å²) >= 11 is 5.96. The summed E-state index contributed by atoms with van der Waals surface area (Å²) in [6.07, 6.45) is 0.629. The monoisotopic (exact) mass is 396 g/mol. The molecule has 3 aromatic rings. The number of ether oxygens (including phenoxy) is 1. The molecule has 7 heteroatoms. The van der Waals surface area contributed by atoms with Gasteiger partial charge in [0, 0.05) is 41.6 Å². The Hall–Kier alpha value is -3.12. The van der Waals surface area contributed by atoms with Gasteiger partial charge in [0.1, 0.15) is 5.75 Å². The van der Waals surface area contributed by atoms with Crippen molar-refractivity contribution >= 4 is 23.5 Å². The topological polar surface area (TPSA) is 72.6 Å². The Morgan fingerprint density at radius 1 is 1.11 bits per heavy atom. The number of rotatable bonds is 3. The zero-order valence-corrected chi connectivity index (χ0v) is 15.9. The fraction of sp³-hybridized carbons (Fsp3) is 0.190. The van der Waals surface area contributed by atoms with Crippen molar-refractivity contribution in [1.82, 2.24) is 10.1 Å². The maximum absolute atomic E-state index is 12.9. The molecule has 1 aromatic heterocycles. The lowest BCUT2D eigenvalue weighted by atomic mass is 10.0. The summed E-state index contributed by atoms with van der Waals surface area (Å²) in [6, 6.07) is 13.9. The van der Waals surface area contributed by atoms with Gasteiger partial charge in [-0.3, -0.25) is 9.59 Å². The van der Waals surface area contributed by atoms with Crippen LogP contribution in [-0.4, -0.2) is 28.5 Å². The number of aromatic nitrogens is 1. The molecule has 0 atom stereocenters. The van der Waals surface area contributed by atoms with Crippen LogP contribution in [0, 0.1) is 0 Å². The van der Waals surface area contributed by atoms with E-state index in [2.05, 4.69) is 5.16 Å². The minimum Gasteiger partial charge on any atom is -0.427 e. The van der Waals surface area contributed by atoms with E-state index in [1.807, 2.05) is 12.1 Å². The van der Waals surface area contributed by atoms with Gasteiger partial charge in [0.2, 0.25) is 0 Å². The van der Waals surface area contributed by atoms with E-state index in [-0.39, 0.29) is 5.91 Å². The number of esters is 1. The van der Waals surface area contributed by atoms with Crippen molar-refractivity contribution in [3.05, 3.63) is 70.4 Å². The molecule has 2 heterocycles. The van der Waals surface area contributed by atoms with Crippen LogP contribution in [0.3, 0.4) is 0 Å². The molecule has 1 amide bonds. The van der Waals surface area contributed by atoms with E-state index >= 15 is 0 Å². The van der Waals surface area contributed by atoms with E-state index < -0.39 is 5.97 Å². The molecule has 0 unspecified atom stereocenters. The number of carbonyl (C=O) groups is 2. The van der Waals surface area contributed by atoms with Gasteiger partial charge in [-0.25, -0.2) is 0 Å². The third-order valence-electron chi connectivity index (χ3n) is 4.59. The second-order valence-electron chi connectivity index (χ2n) is 6.54. The molecule has 1 aliphatic heterocycles. The van der Waals surface area contributed by atoms with Gasteiger partial charge in [-0.1, -0.05) is 16.8 Å². The minimum absolute atomic E-state index is 0.0942. The van der Waals surface area contributed by atoms with Crippen LogP contribution < -0.4 is 4.74 Å². The largest absolute Gasteiger partial charge is 0.427 e. The summed E-state index contributed by atoms with van der Waals surface area (Å²) in [7, 11) is 0. The number of amides is 1. The molecule has 0 radical (unpaired) electrons. The van der Waals surface area contributed by atoms with E-state index in [0.717, 1.165) is 16.8 Å². The molecule has 28 heavy (non-hydrogen) atoms. The predicted octanol–water partition coefficient (Wildman–Crippen LogP) is 4.12. The number of hydrogen-bond donors (Lipinski definition) is 0. The van der Waals surface area contributed by atoms with Crippen molar-refractivity contribution in [3.63, 3.8) is 0 Å². The third kappa shape index (κ3) is 3.64. The molecule has 0 fully saturated rings. The fourth-order valence-corrected chi connectivity index (χ4v) is 3.35. The van der Waals surface area contributed by atoms with Gasteiger partial charge in [-0.2, -0.15) is 0 Å². The molecule has 0 bridgehead atoms. The number of benzene rings is 2. The lowest BCUT2D eigenvalue weighted by Crippen LogP contribution is -2.35. The van der Waals surface area contributed by atoms with Gasteiger partial charge in [-0.05, 0) is 48.5 Å². The third-order valence-corrected chi connectivity index (χ3v) is 4.85. The van der Waals surface area contributed by atoms with Crippen LogP contribution in [0.5, 0.6) is 5.75 Å². The molecule has 0 spiro atoms. The molecule has 0 N–H and O–H groups in total. The van der Waals surface area contributed by atoms with Crippen LogP contribution >= 0.6 is 11.6 Å². The van der Waals surface area contributed by atoms with Crippen LogP contribution in [0.4, 0.5) is 0 Å². The number of nitrogens with zero attached hydrogens (tertiary/aromatic N) is 2. The molecule has 2 aromatic carbocycles. The summed E-state index contributed by atoms with van der Waals surface area (Å²) in [5.41, 5.74) is 3.19. The number of carbonyl (C=O) groups excluding carboxylic acids is 2. The van der Waals surface area contributed by atoms with Crippen LogP contribution in [0.1, 0.15) is 28.5 Å². The smallest absolute Gasteiger partial charge is 0.308 e. The average Bonchev–Trinajstić information content (AvgIpc) is 3.11. The zero-order chi connectivity index (χ0) is 19.7. The quantitative estimate of drug-likeness (QED) is 0.492. The number of fused-ring (bicyclic) bond motifs is 1. The molecular weight excluding hydrogens is 380 g/mol. The van der Waals surface area contributed by atoms with Gasteiger partial charge >= 0.3 is 5.97 Å². The Kier molecular flexibility index (Phi) is 4.88. The lowest BCUT2D eigenvalue weighted by molar-refractivity contribution is -0.131. The summed E-state index contributed by atoms with van der Waals surface area (Å²) in [5, 5.41) is 4.81. The molecule has 0 saturated carbocycles. The van der Waals surface area contributed by atoms with Gasteiger partial charge in [0.05, 0.1) is 12.2 Å². The lowest BCUT2D eigenvalue weighted by Gasteiger charge is -2.26. The highest BCUT2D eigenvalue weighted by Gasteiger charge is 2.28. The highest BCUT2D eigenvalue weighted by atomic mass is 35.5. The standard InChI is InChI=1S/C21H17ClN2O4/c1-13(25)27-17-8-4-15(5-9-17)21(26)24-11-10-19-18(12-24)20(28-23-19)14-2-6-16(22)7-3-14/h2-9H,10-12H2,1H3. The van der Waals surface area contributed by atoms with E-state index in [0.29, 0.717) is 41.6 Å². The van der Waals surface area contributed by atoms with Crippen molar-refractivity contribution in [2.75, 3.05) is 6.54 Å². The number of halogens is 1. The first kappa shape index (κ1) is 18.3. The van der Waals surface area contributed by atoms with Crippen LogP contribution in [0.15, 0.2) is 53.1 Å². The molecule has 142 valence electrons. The van der Waals surface area contributed by atoms with E-state index in [9.17, 15) is 9.59 Å². The summed E-state index contributed by atoms with van der Waals surface area (Å²) in [6.45, 7) is 2.31. The van der Waals surface area contributed by atoms with Gasteiger partial charge in [0.15, 0.2) is 5.76 Å². The highest BCUT2D eigenvalue weighted by Crippen LogP contribution is 2.31. The molecule has 6 nitrogen and oxygen atoms in total. The van der Waals surface area contributed by atoms with Crippen LogP contribution in [0.2, 0.25) is 5.02 Å². The molecular formula is C21H17ClN2O4. The predicted molar refractivity (Wildman–Crippen MR) is 103 cm³/mol. The number of hydrogen-bond acceptors (Lipinski definition) is 5. The first-order valence-electron chi connectivity index (χ1n) is 8.82. The Morgan fingerprint density at radius 2 is 1.82 bits per heavy atom. The van der Waals surface area contributed by atoms with Gasteiger partial charge in [0.25, 0.3) is 5.91 Å². The normalized spacial score (nSPS) is 13.1. The molecule has 4 rings (SSSR count). The second-order valence-corrected chi connectivity index (χ2v) is 6.98. The highest BCUT2D eigenvalue weighted by molar-refractivity contribution is 6.30. The van der Waals surface area contributed by atoms with E-state index in [1.165, 1.54) is 6.92 Å².